The average molecular weight is 359 g/mol. The Morgan fingerprint density at radius 2 is 1.92 bits per heavy atom. The van der Waals surface area contributed by atoms with Gasteiger partial charge in [-0.05, 0) is 37.1 Å². The Bertz CT molecular complexity index is 950. The Kier molecular flexibility index (Phi) is 3.68. The van der Waals surface area contributed by atoms with E-state index >= 15 is 0 Å². The number of hydrogen-bond donors (Lipinski definition) is 0. The summed E-state index contributed by atoms with van der Waals surface area (Å²) in [6, 6.07) is 11.6. The molecular formula is C18H17NO5S. The van der Waals surface area contributed by atoms with Crippen LogP contribution in [-0.4, -0.2) is 31.8 Å². The van der Waals surface area contributed by atoms with Gasteiger partial charge in [0.1, 0.15) is 16.4 Å². The third kappa shape index (κ3) is 2.74. The van der Waals surface area contributed by atoms with Crippen LogP contribution in [0.3, 0.4) is 0 Å². The van der Waals surface area contributed by atoms with Crippen LogP contribution in [0, 0.1) is 0 Å². The van der Waals surface area contributed by atoms with Crippen LogP contribution in [0.5, 0.6) is 11.5 Å². The molecule has 25 heavy (non-hydrogen) atoms. The molecule has 0 bridgehead atoms. The molecule has 4 rings (SSSR count). The number of ether oxygens (including phenoxy) is 2. The first-order chi connectivity index (χ1) is 12.0. The summed E-state index contributed by atoms with van der Waals surface area (Å²) in [4.78, 5) is 12.7. The van der Waals surface area contributed by atoms with Crippen LogP contribution in [0.2, 0.25) is 0 Å². The molecule has 1 aliphatic heterocycles. The van der Waals surface area contributed by atoms with Gasteiger partial charge in [0.25, 0.3) is 15.9 Å². The third-order valence-corrected chi connectivity index (χ3v) is 6.10. The summed E-state index contributed by atoms with van der Waals surface area (Å²) in [6.07, 6.45) is 2.19. The third-order valence-electron chi connectivity index (χ3n) is 4.32. The number of benzene rings is 2. The van der Waals surface area contributed by atoms with Crippen LogP contribution in [-0.2, 0) is 16.6 Å². The number of hydrogen-bond acceptors (Lipinski definition) is 5. The standard InChI is InChI=1S/C18H17NO5S/c1-23-14-8-9-17-15(10-14)18(20)19(25(17,21)22)11-12-4-2-3-5-16(12)24-13-6-7-13/h2-5,8-10,13H,6-7,11H2,1H3. The minimum absolute atomic E-state index is 0.0129. The molecule has 1 saturated carbocycles. The Morgan fingerprint density at radius 1 is 1.16 bits per heavy atom. The van der Waals surface area contributed by atoms with Gasteiger partial charge in [-0.25, -0.2) is 12.7 Å². The summed E-state index contributed by atoms with van der Waals surface area (Å²) in [7, 11) is -2.40. The van der Waals surface area contributed by atoms with Crippen molar-refractivity contribution in [1.29, 1.82) is 0 Å². The summed E-state index contributed by atoms with van der Waals surface area (Å²) in [5.41, 5.74) is 0.811. The van der Waals surface area contributed by atoms with E-state index in [1.807, 2.05) is 6.07 Å². The van der Waals surface area contributed by atoms with Crippen LogP contribution in [0.25, 0.3) is 0 Å². The second-order valence-electron chi connectivity index (χ2n) is 6.10. The van der Waals surface area contributed by atoms with Crippen molar-refractivity contribution in [3.63, 3.8) is 0 Å². The monoisotopic (exact) mass is 359 g/mol. The molecule has 0 aromatic heterocycles. The van der Waals surface area contributed by atoms with E-state index in [2.05, 4.69) is 0 Å². The predicted molar refractivity (Wildman–Crippen MR) is 90.1 cm³/mol. The molecular weight excluding hydrogens is 342 g/mol. The minimum Gasteiger partial charge on any atom is -0.497 e. The molecule has 0 N–H and O–H groups in total. The highest BCUT2D eigenvalue weighted by atomic mass is 32.2. The lowest BCUT2D eigenvalue weighted by molar-refractivity contribution is 0.0864. The van der Waals surface area contributed by atoms with E-state index in [9.17, 15) is 13.2 Å². The van der Waals surface area contributed by atoms with E-state index in [4.69, 9.17) is 9.47 Å². The van der Waals surface area contributed by atoms with Gasteiger partial charge in [-0.15, -0.1) is 0 Å². The number of methoxy groups -OCH3 is 1. The molecule has 130 valence electrons. The molecule has 1 fully saturated rings. The molecule has 0 spiro atoms. The quantitative estimate of drug-likeness (QED) is 0.820. The highest BCUT2D eigenvalue weighted by Crippen LogP contribution is 2.36. The summed E-state index contributed by atoms with van der Waals surface area (Å²) in [6.45, 7) is -0.0545. The maximum atomic E-state index is 12.8. The number of para-hydroxylation sites is 1. The maximum Gasteiger partial charge on any atom is 0.269 e. The molecule has 0 atom stereocenters. The summed E-state index contributed by atoms with van der Waals surface area (Å²) >= 11 is 0. The first-order valence-electron chi connectivity index (χ1n) is 8.00. The lowest BCUT2D eigenvalue weighted by Gasteiger charge is -2.17. The fourth-order valence-electron chi connectivity index (χ4n) is 2.82. The number of nitrogens with zero attached hydrogens (tertiary/aromatic N) is 1. The van der Waals surface area contributed by atoms with Gasteiger partial charge in [0.05, 0.1) is 25.3 Å². The highest BCUT2D eigenvalue weighted by molar-refractivity contribution is 7.90. The Labute approximate surface area is 146 Å². The van der Waals surface area contributed by atoms with E-state index in [1.165, 1.54) is 25.3 Å². The van der Waals surface area contributed by atoms with Crippen molar-refractivity contribution in [2.45, 2.75) is 30.4 Å². The largest absolute Gasteiger partial charge is 0.497 e. The summed E-state index contributed by atoms with van der Waals surface area (Å²) in [5.74, 6) is 0.526. The Morgan fingerprint density at radius 3 is 2.64 bits per heavy atom. The zero-order valence-electron chi connectivity index (χ0n) is 13.6. The molecule has 2 aliphatic rings. The minimum atomic E-state index is -3.88. The van der Waals surface area contributed by atoms with Crippen LogP contribution < -0.4 is 9.47 Å². The van der Waals surface area contributed by atoms with Crippen molar-refractivity contribution < 1.29 is 22.7 Å². The molecule has 2 aromatic rings. The van der Waals surface area contributed by atoms with E-state index in [0.29, 0.717) is 17.1 Å². The summed E-state index contributed by atoms with van der Waals surface area (Å²) < 4.78 is 37.4. The second kappa shape index (κ2) is 5.77. The Balaban J connectivity index is 1.69. The molecule has 1 amide bonds. The smallest absolute Gasteiger partial charge is 0.269 e. The summed E-state index contributed by atoms with van der Waals surface area (Å²) in [5, 5.41) is 0. The van der Waals surface area contributed by atoms with Crippen molar-refractivity contribution in [2.24, 2.45) is 0 Å². The average Bonchev–Trinajstić information content (AvgIpc) is 3.40. The number of sulfonamides is 1. The van der Waals surface area contributed by atoms with E-state index in [-0.39, 0.29) is 23.1 Å². The van der Waals surface area contributed by atoms with Gasteiger partial charge in [0, 0.05) is 5.56 Å². The van der Waals surface area contributed by atoms with E-state index < -0.39 is 15.9 Å². The molecule has 6 nitrogen and oxygen atoms in total. The first kappa shape index (κ1) is 16.0. The molecule has 1 heterocycles. The van der Waals surface area contributed by atoms with Gasteiger partial charge in [-0.1, -0.05) is 18.2 Å². The Hall–Kier alpha value is -2.54. The molecule has 0 saturated heterocycles. The maximum absolute atomic E-state index is 12.8. The fourth-order valence-corrected chi connectivity index (χ4v) is 4.34. The van der Waals surface area contributed by atoms with Crippen LogP contribution in [0.15, 0.2) is 47.4 Å². The predicted octanol–water partition coefficient (Wildman–Crippen LogP) is 2.58. The normalized spacial score (nSPS) is 18.1. The number of amides is 1. The van der Waals surface area contributed by atoms with E-state index in [1.54, 1.807) is 18.2 Å². The van der Waals surface area contributed by atoms with Crippen molar-refractivity contribution in [3.05, 3.63) is 53.6 Å². The van der Waals surface area contributed by atoms with Crippen molar-refractivity contribution in [1.82, 2.24) is 4.31 Å². The lowest BCUT2D eigenvalue weighted by Crippen LogP contribution is -2.29. The molecule has 1 aliphatic carbocycles. The SMILES string of the molecule is COc1ccc2c(c1)C(=O)N(Cc1ccccc1OC1CC1)S2(=O)=O. The lowest BCUT2D eigenvalue weighted by atomic mass is 10.1. The molecule has 0 radical (unpaired) electrons. The van der Waals surface area contributed by atoms with Crippen LogP contribution >= 0.6 is 0 Å². The number of carbonyl (C=O) groups is 1. The molecule has 7 heteroatoms. The number of carbonyl (C=O) groups excluding carboxylic acids is 1. The van der Waals surface area contributed by atoms with Crippen molar-refractivity contribution in [2.75, 3.05) is 7.11 Å². The van der Waals surface area contributed by atoms with Crippen molar-refractivity contribution >= 4 is 15.9 Å². The van der Waals surface area contributed by atoms with Crippen molar-refractivity contribution in [3.8, 4) is 11.5 Å². The number of fused-ring (bicyclic) bond motifs is 1. The van der Waals surface area contributed by atoms with Gasteiger partial charge in [-0.3, -0.25) is 4.79 Å². The van der Waals surface area contributed by atoms with Gasteiger partial charge in [0.2, 0.25) is 0 Å². The zero-order valence-corrected chi connectivity index (χ0v) is 14.5. The zero-order chi connectivity index (χ0) is 17.6. The van der Waals surface area contributed by atoms with Crippen LogP contribution in [0.4, 0.5) is 0 Å². The van der Waals surface area contributed by atoms with Gasteiger partial charge < -0.3 is 9.47 Å². The first-order valence-corrected chi connectivity index (χ1v) is 9.44. The molecule has 2 aromatic carbocycles. The topological polar surface area (TPSA) is 72.9 Å². The highest BCUT2D eigenvalue weighted by Gasteiger charge is 2.41. The van der Waals surface area contributed by atoms with Gasteiger partial charge >= 0.3 is 0 Å². The van der Waals surface area contributed by atoms with Gasteiger partial charge in [0.15, 0.2) is 0 Å². The second-order valence-corrected chi connectivity index (χ2v) is 7.93. The fraction of sp³-hybridized carbons (Fsp3) is 0.278. The van der Waals surface area contributed by atoms with E-state index in [0.717, 1.165) is 17.1 Å². The van der Waals surface area contributed by atoms with Gasteiger partial charge in [-0.2, -0.15) is 0 Å². The molecule has 0 unspecified atom stereocenters. The van der Waals surface area contributed by atoms with Crippen LogP contribution in [0.1, 0.15) is 28.8 Å². The number of rotatable bonds is 5.